The van der Waals surface area contributed by atoms with Gasteiger partial charge in [0.2, 0.25) is 5.88 Å². The summed E-state index contributed by atoms with van der Waals surface area (Å²) in [6, 6.07) is 10.9. The summed E-state index contributed by atoms with van der Waals surface area (Å²) in [5.41, 5.74) is 1.20. The van der Waals surface area contributed by atoms with E-state index in [0.717, 1.165) is 0 Å². The van der Waals surface area contributed by atoms with Crippen LogP contribution in [0.4, 0.5) is 10.1 Å². The summed E-state index contributed by atoms with van der Waals surface area (Å²) in [6.45, 7) is 0.219. The van der Waals surface area contributed by atoms with Crippen molar-refractivity contribution in [3.05, 3.63) is 63.8 Å². The number of rotatable bonds is 3. The first-order valence-corrected chi connectivity index (χ1v) is 6.56. The summed E-state index contributed by atoms with van der Waals surface area (Å²) in [7, 11) is 0. The van der Waals surface area contributed by atoms with Gasteiger partial charge in [0.25, 0.3) is 0 Å². The summed E-state index contributed by atoms with van der Waals surface area (Å²) in [5.74, 6) is -0.619. The molecule has 0 spiro atoms. The molecule has 0 unspecified atom stereocenters. The Labute approximate surface area is 124 Å². The normalized spacial score (nSPS) is 11.0. The highest BCUT2D eigenvalue weighted by Gasteiger charge is 2.18. The standard InChI is InChI=1S/C15H10ClFN2O2/c16-10-4-5-13-12(7-10)14(18-21)15(20)19(13)8-9-2-1-3-11(17)6-9/h1-7,20H,8H2. The molecule has 0 aliphatic carbocycles. The number of halogens is 2. The van der Waals surface area contributed by atoms with Crippen molar-refractivity contribution in [2.45, 2.75) is 6.54 Å². The monoisotopic (exact) mass is 304 g/mol. The molecule has 0 radical (unpaired) electrons. The van der Waals surface area contributed by atoms with Crippen LogP contribution in [0.3, 0.4) is 0 Å². The van der Waals surface area contributed by atoms with Crippen molar-refractivity contribution < 1.29 is 9.50 Å². The predicted molar refractivity (Wildman–Crippen MR) is 79.6 cm³/mol. The molecule has 21 heavy (non-hydrogen) atoms. The number of benzene rings is 2. The van der Waals surface area contributed by atoms with E-state index in [4.69, 9.17) is 11.6 Å². The van der Waals surface area contributed by atoms with Gasteiger partial charge in [-0.1, -0.05) is 23.7 Å². The molecular weight excluding hydrogens is 295 g/mol. The lowest BCUT2D eigenvalue weighted by molar-refractivity contribution is 0.430. The van der Waals surface area contributed by atoms with E-state index < -0.39 is 0 Å². The van der Waals surface area contributed by atoms with Crippen molar-refractivity contribution in [1.82, 2.24) is 4.57 Å². The van der Waals surface area contributed by atoms with Gasteiger partial charge in [-0.05, 0) is 41.1 Å². The van der Waals surface area contributed by atoms with Crippen LogP contribution in [0.1, 0.15) is 5.56 Å². The number of nitroso groups, excluding NO2 is 1. The molecule has 0 atom stereocenters. The van der Waals surface area contributed by atoms with Gasteiger partial charge in [0.15, 0.2) is 5.69 Å². The van der Waals surface area contributed by atoms with Gasteiger partial charge in [-0.3, -0.25) is 0 Å². The van der Waals surface area contributed by atoms with Gasteiger partial charge in [-0.15, -0.1) is 4.91 Å². The van der Waals surface area contributed by atoms with Gasteiger partial charge in [0, 0.05) is 10.4 Å². The smallest absolute Gasteiger partial charge is 0.222 e. The molecule has 0 bridgehead atoms. The Balaban J connectivity index is 2.18. The molecule has 0 aliphatic heterocycles. The van der Waals surface area contributed by atoms with Gasteiger partial charge in [0.1, 0.15) is 5.82 Å². The van der Waals surface area contributed by atoms with Crippen molar-refractivity contribution in [3.8, 4) is 5.88 Å². The Morgan fingerprint density at radius 2 is 2.05 bits per heavy atom. The Morgan fingerprint density at radius 3 is 2.76 bits per heavy atom. The average Bonchev–Trinajstić information content (AvgIpc) is 2.70. The largest absolute Gasteiger partial charge is 0.493 e. The second-order valence-electron chi connectivity index (χ2n) is 4.64. The van der Waals surface area contributed by atoms with E-state index in [0.29, 0.717) is 21.5 Å². The van der Waals surface area contributed by atoms with Crippen molar-refractivity contribution in [2.75, 3.05) is 0 Å². The third kappa shape index (κ3) is 2.36. The fraction of sp³-hybridized carbons (Fsp3) is 0.0667. The lowest BCUT2D eigenvalue weighted by atomic mass is 10.2. The molecule has 106 valence electrons. The fourth-order valence-electron chi connectivity index (χ4n) is 2.36. The van der Waals surface area contributed by atoms with E-state index in [1.807, 2.05) is 0 Å². The maximum atomic E-state index is 13.3. The van der Waals surface area contributed by atoms with Crippen LogP contribution < -0.4 is 0 Å². The topological polar surface area (TPSA) is 54.6 Å². The highest BCUT2D eigenvalue weighted by molar-refractivity contribution is 6.31. The van der Waals surface area contributed by atoms with Crippen LogP contribution >= 0.6 is 11.6 Å². The Kier molecular flexibility index (Phi) is 3.35. The summed E-state index contributed by atoms with van der Waals surface area (Å²) >= 11 is 5.91. The van der Waals surface area contributed by atoms with Crippen LogP contribution in [-0.2, 0) is 6.54 Å². The molecule has 0 aliphatic rings. The number of aromatic nitrogens is 1. The second-order valence-corrected chi connectivity index (χ2v) is 5.08. The molecule has 6 heteroatoms. The lowest BCUT2D eigenvalue weighted by Gasteiger charge is -2.07. The van der Waals surface area contributed by atoms with Crippen molar-refractivity contribution in [1.29, 1.82) is 0 Å². The number of nitrogens with zero attached hydrogens (tertiary/aromatic N) is 2. The molecule has 0 saturated carbocycles. The first-order chi connectivity index (χ1) is 10.1. The van der Waals surface area contributed by atoms with Crippen LogP contribution in [0.5, 0.6) is 5.88 Å². The summed E-state index contributed by atoms with van der Waals surface area (Å²) in [6.07, 6.45) is 0. The maximum absolute atomic E-state index is 13.3. The zero-order chi connectivity index (χ0) is 15.0. The number of hydrogen-bond donors (Lipinski definition) is 1. The van der Waals surface area contributed by atoms with Crippen LogP contribution in [-0.4, -0.2) is 9.67 Å². The molecule has 3 rings (SSSR count). The van der Waals surface area contributed by atoms with Crippen molar-refractivity contribution in [2.24, 2.45) is 5.18 Å². The van der Waals surface area contributed by atoms with Crippen LogP contribution in [0.25, 0.3) is 10.9 Å². The van der Waals surface area contributed by atoms with E-state index in [1.54, 1.807) is 30.3 Å². The van der Waals surface area contributed by atoms with E-state index in [-0.39, 0.29) is 23.9 Å². The molecule has 2 aromatic carbocycles. The van der Waals surface area contributed by atoms with E-state index in [9.17, 15) is 14.4 Å². The zero-order valence-electron chi connectivity index (χ0n) is 10.8. The summed E-state index contributed by atoms with van der Waals surface area (Å²) in [4.78, 5) is 10.9. The number of fused-ring (bicyclic) bond motifs is 1. The quantitative estimate of drug-likeness (QED) is 0.720. The van der Waals surface area contributed by atoms with Crippen LogP contribution in [0.2, 0.25) is 5.02 Å². The predicted octanol–water partition coefficient (Wildman–Crippen LogP) is 4.59. The number of aromatic hydroxyl groups is 1. The molecular formula is C15H10ClFN2O2. The minimum absolute atomic E-state index is 0.0658. The molecule has 0 amide bonds. The average molecular weight is 305 g/mol. The molecule has 1 heterocycles. The van der Waals surface area contributed by atoms with Gasteiger partial charge in [-0.2, -0.15) is 0 Å². The summed E-state index contributed by atoms with van der Waals surface area (Å²) in [5, 5.41) is 13.9. The Hall–Kier alpha value is -2.40. The van der Waals surface area contributed by atoms with Gasteiger partial charge >= 0.3 is 0 Å². The third-order valence-electron chi connectivity index (χ3n) is 3.29. The Morgan fingerprint density at radius 1 is 1.24 bits per heavy atom. The SMILES string of the molecule is O=Nc1c(O)n(Cc2cccc(F)c2)c2ccc(Cl)cc12. The van der Waals surface area contributed by atoms with Crippen molar-refractivity contribution in [3.63, 3.8) is 0 Å². The lowest BCUT2D eigenvalue weighted by Crippen LogP contribution is -1.99. The second kappa shape index (κ2) is 5.18. The van der Waals surface area contributed by atoms with Crippen LogP contribution in [0, 0.1) is 10.7 Å². The Bertz CT molecular complexity index is 845. The molecule has 1 N–H and O–H groups in total. The molecule has 3 aromatic rings. The minimum atomic E-state index is -0.361. The van der Waals surface area contributed by atoms with Gasteiger partial charge in [0.05, 0.1) is 12.1 Å². The first kappa shape index (κ1) is 13.6. The highest BCUT2D eigenvalue weighted by atomic mass is 35.5. The third-order valence-corrected chi connectivity index (χ3v) is 3.53. The molecule has 4 nitrogen and oxygen atoms in total. The molecule has 0 saturated heterocycles. The highest BCUT2D eigenvalue weighted by Crippen LogP contribution is 2.39. The van der Waals surface area contributed by atoms with Crippen LogP contribution in [0.15, 0.2) is 47.6 Å². The first-order valence-electron chi connectivity index (χ1n) is 6.18. The number of hydrogen-bond acceptors (Lipinski definition) is 3. The van der Waals surface area contributed by atoms with Gasteiger partial charge < -0.3 is 9.67 Å². The summed E-state index contributed by atoms with van der Waals surface area (Å²) < 4.78 is 14.7. The maximum Gasteiger partial charge on any atom is 0.222 e. The molecule has 1 aromatic heterocycles. The minimum Gasteiger partial charge on any atom is -0.493 e. The van der Waals surface area contributed by atoms with Gasteiger partial charge in [-0.25, -0.2) is 4.39 Å². The van der Waals surface area contributed by atoms with E-state index in [1.165, 1.54) is 16.7 Å². The fourth-order valence-corrected chi connectivity index (χ4v) is 2.54. The van der Waals surface area contributed by atoms with E-state index >= 15 is 0 Å². The zero-order valence-corrected chi connectivity index (χ0v) is 11.5. The van der Waals surface area contributed by atoms with Crippen molar-refractivity contribution >= 4 is 28.2 Å². The molecule has 0 fully saturated rings. The van der Waals surface area contributed by atoms with E-state index in [2.05, 4.69) is 5.18 Å².